The number of anilines is 1. The van der Waals surface area contributed by atoms with Gasteiger partial charge in [0.25, 0.3) is 17.7 Å². The Morgan fingerprint density at radius 3 is 2.24 bits per heavy atom. The number of hydrogen-bond acceptors (Lipinski definition) is 4. The lowest BCUT2D eigenvalue weighted by Crippen LogP contribution is -2.35. The van der Waals surface area contributed by atoms with E-state index in [9.17, 15) is 23.2 Å². The molecule has 0 aliphatic rings. The van der Waals surface area contributed by atoms with Crippen molar-refractivity contribution in [1.82, 2.24) is 10.6 Å². The van der Waals surface area contributed by atoms with Crippen LogP contribution in [0.4, 0.5) is 14.5 Å². The number of rotatable bonds is 9. The second-order valence-electron chi connectivity index (χ2n) is 7.29. The van der Waals surface area contributed by atoms with Crippen LogP contribution in [0.2, 0.25) is 0 Å². The van der Waals surface area contributed by atoms with Crippen molar-refractivity contribution in [2.45, 2.75) is 6.92 Å². The third-order valence-corrected chi connectivity index (χ3v) is 4.77. The third kappa shape index (κ3) is 6.61. The summed E-state index contributed by atoms with van der Waals surface area (Å²) in [6.07, 6.45) is 0. The molecule has 9 heteroatoms. The number of ether oxygens (including phenoxy) is 1. The van der Waals surface area contributed by atoms with Gasteiger partial charge in [0.1, 0.15) is 17.4 Å². The molecule has 0 saturated carbocycles. The number of carbonyl (C=O) groups excluding carboxylic acids is 3. The van der Waals surface area contributed by atoms with Crippen molar-refractivity contribution >= 4 is 23.4 Å². The summed E-state index contributed by atoms with van der Waals surface area (Å²) in [6.45, 7) is 1.40. The first-order valence-corrected chi connectivity index (χ1v) is 10.4. The summed E-state index contributed by atoms with van der Waals surface area (Å²) in [7, 11) is 0. The van der Waals surface area contributed by atoms with Crippen LogP contribution in [0.5, 0.6) is 5.75 Å². The fraction of sp³-hybridized carbons (Fsp3) is 0.160. The molecule has 0 atom stereocenters. The minimum absolute atomic E-state index is 0.0255. The van der Waals surface area contributed by atoms with Gasteiger partial charge in [0.15, 0.2) is 6.61 Å². The molecule has 34 heavy (non-hydrogen) atoms. The SMILES string of the molecule is Cc1ccc(C(=O)NCCNC(=O)c2ccccc2OCC(=O)Nc2ccccc2F)cc1F. The number of para-hydroxylation sites is 2. The van der Waals surface area contributed by atoms with Gasteiger partial charge in [-0.3, -0.25) is 14.4 Å². The monoisotopic (exact) mass is 467 g/mol. The highest BCUT2D eigenvalue weighted by molar-refractivity contribution is 5.97. The lowest BCUT2D eigenvalue weighted by Gasteiger charge is -2.12. The maximum absolute atomic E-state index is 13.7. The minimum atomic E-state index is -0.587. The van der Waals surface area contributed by atoms with Crippen LogP contribution in [0.15, 0.2) is 66.7 Å². The van der Waals surface area contributed by atoms with Crippen LogP contribution in [-0.2, 0) is 4.79 Å². The van der Waals surface area contributed by atoms with E-state index in [2.05, 4.69) is 16.0 Å². The summed E-state index contributed by atoms with van der Waals surface area (Å²) in [5, 5.41) is 7.64. The topological polar surface area (TPSA) is 96.5 Å². The molecule has 3 amide bonds. The molecule has 0 bridgehead atoms. The number of hydrogen-bond donors (Lipinski definition) is 3. The van der Waals surface area contributed by atoms with E-state index >= 15 is 0 Å². The van der Waals surface area contributed by atoms with Gasteiger partial charge >= 0.3 is 0 Å². The molecule has 3 N–H and O–H groups in total. The average Bonchev–Trinajstić information content (AvgIpc) is 2.83. The Bertz CT molecular complexity index is 1200. The molecule has 0 unspecified atom stereocenters. The number of amides is 3. The zero-order valence-electron chi connectivity index (χ0n) is 18.4. The van der Waals surface area contributed by atoms with Crippen LogP contribution in [0.25, 0.3) is 0 Å². The molecule has 3 aromatic rings. The van der Waals surface area contributed by atoms with Gasteiger partial charge in [-0.1, -0.05) is 30.3 Å². The van der Waals surface area contributed by atoms with Gasteiger partial charge in [-0.25, -0.2) is 8.78 Å². The number of halogens is 2. The first-order valence-electron chi connectivity index (χ1n) is 10.4. The molecular weight excluding hydrogens is 444 g/mol. The van der Waals surface area contributed by atoms with Crippen molar-refractivity contribution in [3.8, 4) is 5.75 Å². The Morgan fingerprint density at radius 1 is 0.824 bits per heavy atom. The standard InChI is InChI=1S/C25H23F2N3O4/c1-16-10-11-17(14-20(16)27)24(32)28-12-13-29-25(33)18-6-2-5-9-22(18)34-15-23(31)30-21-8-4-3-7-19(21)26/h2-11,14H,12-13,15H2,1H3,(H,28,32)(H,29,33)(H,30,31). The summed E-state index contributed by atoms with van der Waals surface area (Å²) in [4.78, 5) is 36.7. The predicted molar refractivity (Wildman–Crippen MR) is 123 cm³/mol. The van der Waals surface area contributed by atoms with Crippen molar-refractivity contribution in [3.05, 3.63) is 95.1 Å². The summed E-state index contributed by atoms with van der Waals surface area (Å²) < 4.78 is 32.7. The van der Waals surface area contributed by atoms with Crippen molar-refractivity contribution in [1.29, 1.82) is 0 Å². The van der Waals surface area contributed by atoms with Crippen LogP contribution in [0.3, 0.4) is 0 Å². The van der Waals surface area contributed by atoms with Gasteiger partial charge in [0.2, 0.25) is 0 Å². The molecule has 0 aliphatic carbocycles. The molecule has 0 heterocycles. The minimum Gasteiger partial charge on any atom is -0.483 e. The van der Waals surface area contributed by atoms with Gasteiger partial charge in [-0.2, -0.15) is 0 Å². The Hall–Kier alpha value is -4.27. The molecule has 0 spiro atoms. The van der Waals surface area contributed by atoms with E-state index < -0.39 is 36.0 Å². The number of aryl methyl sites for hydroxylation is 1. The first kappa shape index (κ1) is 24.4. The molecule has 0 saturated heterocycles. The summed E-state index contributed by atoms with van der Waals surface area (Å²) in [5.74, 6) is -2.40. The Balaban J connectivity index is 1.48. The fourth-order valence-electron chi connectivity index (χ4n) is 2.96. The van der Waals surface area contributed by atoms with E-state index in [1.165, 1.54) is 42.5 Å². The Morgan fingerprint density at radius 2 is 1.50 bits per heavy atom. The van der Waals surface area contributed by atoms with Crippen LogP contribution in [0.1, 0.15) is 26.3 Å². The highest BCUT2D eigenvalue weighted by Gasteiger charge is 2.14. The molecular formula is C25H23F2N3O4. The molecule has 176 valence electrons. The van der Waals surface area contributed by atoms with Crippen LogP contribution < -0.4 is 20.7 Å². The molecule has 0 fully saturated rings. The number of nitrogens with one attached hydrogen (secondary N) is 3. The number of carbonyl (C=O) groups is 3. The molecule has 7 nitrogen and oxygen atoms in total. The summed E-state index contributed by atoms with van der Waals surface area (Å²) in [5.41, 5.74) is 0.835. The molecule has 0 radical (unpaired) electrons. The predicted octanol–water partition coefficient (Wildman–Crippen LogP) is 3.45. The Labute approximate surface area is 195 Å². The van der Waals surface area contributed by atoms with E-state index in [1.807, 2.05) is 0 Å². The second-order valence-corrected chi connectivity index (χ2v) is 7.29. The van der Waals surface area contributed by atoms with Gasteiger partial charge in [-0.15, -0.1) is 0 Å². The van der Waals surface area contributed by atoms with Crippen molar-refractivity contribution in [2.75, 3.05) is 25.0 Å². The largest absolute Gasteiger partial charge is 0.483 e. The van der Waals surface area contributed by atoms with Crippen molar-refractivity contribution < 1.29 is 27.9 Å². The molecule has 0 aromatic heterocycles. The van der Waals surface area contributed by atoms with Crippen LogP contribution in [0, 0.1) is 18.6 Å². The molecule has 3 rings (SSSR count). The highest BCUT2D eigenvalue weighted by Crippen LogP contribution is 2.18. The molecule has 3 aromatic carbocycles. The van der Waals surface area contributed by atoms with Gasteiger partial charge in [0.05, 0.1) is 11.3 Å². The lowest BCUT2D eigenvalue weighted by molar-refractivity contribution is -0.118. The highest BCUT2D eigenvalue weighted by atomic mass is 19.1. The van der Waals surface area contributed by atoms with Crippen LogP contribution in [-0.4, -0.2) is 37.4 Å². The van der Waals surface area contributed by atoms with Gasteiger partial charge in [-0.05, 0) is 48.9 Å². The average molecular weight is 467 g/mol. The van der Waals surface area contributed by atoms with E-state index in [-0.39, 0.29) is 35.7 Å². The zero-order chi connectivity index (χ0) is 24.5. The summed E-state index contributed by atoms with van der Waals surface area (Å²) in [6, 6.07) is 16.2. The van der Waals surface area contributed by atoms with E-state index in [4.69, 9.17) is 4.74 Å². The summed E-state index contributed by atoms with van der Waals surface area (Å²) >= 11 is 0. The van der Waals surface area contributed by atoms with Gasteiger partial charge in [0, 0.05) is 18.7 Å². The van der Waals surface area contributed by atoms with Crippen molar-refractivity contribution in [3.63, 3.8) is 0 Å². The lowest BCUT2D eigenvalue weighted by atomic mass is 10.1. The molecule has 0 aliphatic heterocycles. The van der Waals surface area contributed by atoms with E-state index in [0.717, 1.165) is 6.07 Å². The number of benzene rings is 3. The second kappa shape index (κ2) is 11.6. The normalized spacial score (nSPS) is 10.3. The quantitative estimate of drug-likeness (QED) is 0.420. The smallest absolute Gasteiger partial charge is 0.262 e. The maximum Gasteiger partial charge on any atom is 0.262 e. The Kier molecular flexibility index (Phi) is 8.28. The fourth-order valence-corrected chi connectivity index (χ4v) is 2.96. The third-order valence-electron chi connectivity index (χ3n) is 4.77. The van der Waals surface area contributed by atoms with E-state index in [1.54, 1.807) is 25.1 Å². The first-order chi connectivity index (χ1) is 16.3. The van der Waals surface area contributed by atoms with Crippen LogP contribution >= 0.6 is 0 Å². The van der Waals surface area contributed by atoms with Gasteiger partial charge < -0.3 is 20.7 Å². The van der Waals surface area contributed by atoms with Crippen molar-refractivity contribution in [2.24, 2.45) is 0 Å². The zero-order valence-corrected chi connectivity index (χ0v) is 18.4. The maximum atomic E-state index is 13.7. The van der Waals surface area contributed by atoms with E-state index in [0.29, 0.717) is 5.56 Å².